The number of carbonyl (C=O) groups excluding carboxylic acids is 1. The number of anilines is 1. The fourth-order valence-corrected chi connectivity index (χ4v) is 2.64. The van der Waals surface area contributed by atoms with E-state index >= 15 is 0 Å². The molecule has 0 aliphatic heterocycles. The second-order valence-electron chi connectivity index (χ2n) is 4.00. The van der Waals surface area contributed by atoms with Gasteiger partial charge in [-0.05, 0) is 33.4 Å². The standard InChI is InChI=1S/C12H12BrFN2OS.CH4N2O/c1-16(15)11-6-8(14)5-10(13)12(11)17-7-9-3-2-4-18-9;2-3-1-4/h2-6H,7,15H2,1H3;1H,2H2,(H,3,4). The van der Waals surface area contributed by atoms with Crippen LogP contribution < -0.4 is 26.9 Å². The van der Waals surface area contributed by atoms with E-state index in [1.54, 1.807) is 23.8 Å². The molecule has 0 saturated carbocycles. The summed E-state index contributed by atoms with van der Waals surface area (Å²) in [7, 11) is 1.64. The minimum Gasteiger partial charge on any atom is -0.485 e. The minimum atomic E-state index is -0.363. The molecule has 1 heterocycles. The van der Waals surface area contributed by atoms with Gasteiger partial charge in [0.15, 0.2) is 5.75 Å². The summed E-state index contributed by atoms with van der Waals surface area (Å²) >= 11 is 4.89. The topological polar surface area (TPSA) is 93.6 Å². The summed E-state index contributed by atoms with van der Waals surface area (Å²) in [4.78, 5) is 10.0. The maximum Gasteiger partial charge on any atom is 0.221 e. The van der Waals surface area contributed by atoms with E-state index in [1.165, 1.54) is 17.1 Å². The number of thiophene rings is 1. The second-order valence-corrected chi connectivity index (χ2v) is 5.89. The van der Waals surface area contributed by atoms with Crippen LogP contribution in [0, 0.1) is 5.82 Å². The summed E-state index contributed by atoms with van der Waals surface area (Å²) in [5, 5.41) is 3.31. The number of hydrogen-bond acceptors (Lipinski definition) is 6. The van der Waals surface area contributed by atoms with Gasteiger partial charge in [-0.25, -0.2) is 16.1 Å². The number of amides is 1. The van der Waals surface area contributed by atoms with Crippen LogP contribution in [0.5, 0.6) is 5.75 Å². The lowest BCUT2D eigenvalue weighted by Crippen LogP contribution is -2.25. The van der Waals surface area contributed by atoms with Gasteiger partial charge in [0.2, 0.25) is 6.41 Å². The fourth-order valence-electron chi connectivity index (χ4n) is 1.49. The Morgan fingerprint density at radius 2 is 2.23 bits per heavy atom. The van der Waals surface area contributed by atoms with Crippen molar-refractivity contribution in [1.29, 1.82) is 0 Å². The molecule has 1 aromatic heterocycles. The number of nitrogens with two attached hydrogens (primary N) is 2. The first kappa shape index (κ1) is 18.4. The van der Waals surface area contributed by atoms with E-state index in [1.807, 2.05) is 17.5 Å². The lowest BCUT2D eigenvalue weighted by atomic mass is 10.3. The van der Waals surface area contributed by atoms with Crippen LogP contribution in [0.4, 0.5) is 10.1 Å². The van der Waals surface area contributed by atoms with Gasteiger partial charge in [-0.1, -0.05) is 6.07 Å². The van der Waals surface area contributed by atoms with Gasteiger partial charge in [-0.3, -0.25) is 10.2 Å². The Bertz CT molecular complexity index is 596. The Kier molecular flexibility index (Phi) is 7.82. The lowest BCUT2D eigenvalue weighted by molar-refractivity contribution is -0.109. The third-order valence-corrected chi connectivity index (χ3v) is 3.81. The predicted molar refractivity (Wildman–Crippen MR) is 88.7 cm³/mol. The maximum atomic E-state index is 13.3. The molecule has 0 atom stereocenters. The van der Waals surface area contributed by atoms with E-state index in [0.29, 0.717) is 28.9 Å². The predicted octanol–water partition coefficient (Wildman–Crippen LogP) is 2.14. The van der Waals surface area contributed by atoms with Crippen LogP contribution in [0.1, 0.15) is 4.88 Å². The average Bonchev–Trinajstić information content (AvgIpc) is 2.99. The molecule has 9 heteroatoms. The summed E-state index contributed by atoms with van der Waals surface area (Å²) in [5.74, 6) is 10.3. The van der Waals surface area contributed by atoms with Gasteiger partial charge in [-0.15, -0.1) is 11.3 Å². The molecule has 22 heavy (non-hydrogen) atoms. The van der Waals surface area contributed by atoms with E-state index in [9.17, 15) is 4.39 Å². The summed E-state index contributed by atoms with van der Waals surface area (Å²) in [5.41, 5.74) is 2.25. The number of hydrogen-bond donors (Lipinski definition) is 3. The van der Waals surface area contributed by atoms with Crippen LogP contribution in [0.2, 0.25) is 0 Å². The van der Waals surface area contributed by atoms with Gasteiger partial charge in [0, 0.05) is 18.0 Å². The van der Waals surface area contributed by atoms with E-state index in [4.69, 9.17) is 15.4 Å². The molecule has 1 aromatic carbocycles. The molecule has 0 spiro atoms. The van der Waals surface area contributed by atoms with E-state index in [2.05, 4.69) is 21.8 Å². The third kappa shape index (κ3) is 5.60. The van der Waals surface area contributed by atoms with Crippen molar-refractivity contribution < 1.29 is 13.9 Å². The Morgan fingerprint density at radius 3 is 2.73 bits per heavy atom. The van der Waals surface area contributed by atoms with E-state index in [0.717, 1.165) is 4.88 Å². The molecule has 120 valence electrons. The largest absolute Gasteiger partial charge is 0.485 e. The average molecular weight is 391 g/mol. The van der Waals surface area contributed by atoms with Crippen molar-refractivity contribution >= 4 is 39.4 Å². The van der Waals surface area contributed by atoms with Crippen LogP contribution >= 0.6 is 27.3 Å². The highest BCUT2D eigenvalue weighted by atomic mass is 79.9. The van der Waals surface area contributed by atoms with Crippen molar-refractivity contribution in [2.75, 3.05) is 12.1 Å². The monoisotopic (exact) mass is 390 g/mol. The second kappa shape index (κ2) is 9.36. The van der Waals surface area contributed by atoms with Crippen LogP contribution in [-0.4, -0.2) is 13.5 Å². The van der Waals surface area contributed by atoms with Gasteiger partial charge in [0.1, 0.15) is 12.4 Å². The highest BCUT2D eigenvalue weighted by molar-refractivity contribution is 9.10. The number of nitrogens with zero attached hydrogens (tertiary/aromatic N) is 1. The number of ether oxygens (including phenoxy) is 1. The molecule has 0 fully saturated rings. The summed E-state index contributed by atoms with van der Waals surface area (Å²) in [6.07, 6.45) is 0.403. The summed E-state index contributed by atoms with van der Waals surface area (Å²) in [6, 6.07) is 6.64. The molecule has 5 N–H and O–H groups in total. The smallest absolute Gasteiger partial charge is 0.221 e. The molecule has 0 saturated heterocycles. The van der Waals surface area contributed by atoms with Gasteiger partial charge in [-0.2, -0.15) is 0 Å². The zero-order chi connectivity index (χ0) is 16.5. The normalized spacial score (nSPS) is 9.50. The van der Waals surface area contributed by atoms with E-state index in [-0.39, 0.29) is 5.82 Å². The first-order valence-electron chi connectivity index (χ1n) is 6.02. The molecule has 1 amide bonds. The van der Waals surface area contributed by atoms with Crippen LogP contribution in [-0.2, 0) is 11.4 Å². The van der Waals surface area contributed by atoms with Gasteiger partial charge < -0.3 is 9.75 Å². The molecule has 6 nitrogen and oxygen atoms in total. The quantitative estimate of drug-likeness (QED) is 0.314. The van der Waals surface area contributed by atoms with Crippen molar-refractivity contribution in [2.24, 2.45) is 11.7 Å². The number of nitrogens with one attached hydrogen (secondary N) is 1. The lowest BCUT2D eigenvalue weighted by Gasteiger charge is -2.18. The number of halogens is 2. The Balaban J connectivity index is 0.000000541. The molecule has 0 aliphatic carbocycles. The van der Waals surface area contributed by atoms with Crippen molar-refractivity contribution in [3.05, 3.63) is 44.8 Å². The molecule has 0 unspecified atom stereocenters. The molecular formula is C13H16BrFN4O2S. The van der Waals surface area contributed by atoms with Gasteiger partial charge >= 0.3 is 0 Å². The highest BCUT2D eigenvalue weighted by Crippen LogP contribution is 2.36. The third-order valence-electron chi connectivity index (χ3n) is 2.38. The van der Waals surface area contributed by atoms with Crippen LogP contribution in [0.3, 0.4) is 0 Å². The number of hydrazine groups is 2. The maximum absolute atomic E-state index is 13.3. The molecule has 2 aromatic rings. The van der Waals surface area contributed by atoms with Crippen molar-refractivity contribution in [3.8, 4) is 5.75 Å². The number of benzene rings is 1. The molecule has 0 radical (unpaired) electrons. The van der Waals surface area contributed by atoms with Crippen LogP contribution in [0.15, 0.2) is 34.1 Å². The van der Waals surface area contributed by atoms with Crippen LogP contribution in [0.25, 0.3) is 0 Å². The first-order chi connectivity index (χ1) is 10.5. The van der Waals surface area contributed by atoms with E-state index < -0.39 is 0 Å². The summed E-state index contributed by atoms with van der Waals surface area (Å²) < 4.78 is 19.6. The summed E-state index contributed by atoms with van der Waals surface area (Å²) in [6.45, 7) is 0.433. The Hall–Kier alpha value is -1.68. The SMILES string of the molecule is CN(N)c1cc(F)cc(Br)c1OCc1cccs1.NNC=O. The zero-order valence-electron chi connectivity index (χ0n) is 11.8. The molecule has 2 rings (SSSR count). The number of carbonyl (C=O) groups is 1. The van der Waals surface area contributed by atoms with Crippen molar-refractivity contribution in [3.63, 3.8) is 0 Å². The molecule has 0 aliphatic rings. The highest BCUT2D eigenvalue weighted by Gasteiger charge is 2.13. The Morgan fingerprint density at radius 1 is 1.55 bits per heavy atom. The van der Waals surface area contributed by atoms with Crippen molar-refractivity contribution in [1.82, 2.24) is 5.43 Å². The molecule has 0 bridgehead atoms. The number of rotatable bonds is 5. The fraction of sp³-hybridized carbons (Fsp3) is 0.154. The van der Waals surface area contributed by atoms with Crippen molar-refractivity contribution in [2.45, 2.75) is 6.61 Å². The minimum absolute atomic E-state index is 0.363. The first-order valence-corrected chi connectivity index (χ1v) is 7.69. The van der Waals surface area contributed by atoms with Gasteiger partial charge in [0.25, 0.3) is 0 Å². The zero-order valence-corrected chi connectivity index (χ0v) is 14.2. The molecular weight excluding hydrogens is 375 g/mol. The Labute approximate surface area is 139 Å². The van der Waals surface area contributed by atoms with Gasteiger partial charge in [0.05, 0.1) is 10.2 Å².